The van der Waals surface area contributed by atoms with Gasteiger partial charge in [0.05, 0.1) is 6.54 Å². The molecule has 0 amide bonds. The standard InChI is InChI=1S/C15H23NO2/c1-12(2)9-16(11-15(17)18)10-13(3)14-7-5-4-6-8-14/h4-8,12-13H,9-11H2,1-3H3,(H,17,18). The van der Waals surface area contributed by atoms with Crippen molar-refractivity contribution in [1.29, 1.82) is 0 Å². The highest BCUT2D eigenvalue weighted by Crippen LogP contribution is 2.16. The average Bonchev–Trinajstić information content (AvgIpc) is 2.28. The number of rotatable bonds is 7. The topological polar surface area (TPSA) is 40.5 Å². The van der Waals surface area contributed by atoms with Crippen LogP contribution >= 0.6 is 0 Å². The smallest absolute Gasteiger partial charge is 0.317 e. The van der Waals surface area contributed by atoms with Crippen molar-refractivity contribution >= 4 is 5.97 Å². The fourth-order valence-electron chi connectivity index (χ4n) is 2.19. The molecule has 1 aromatic rings. The Morgan fingerprint density at radius 2 is 1.78 bits per heavy atom. The Morgan fingerprint density at radius 3 is 2.28 bits per heavy atom. The van der Waals surface area contributed by atoms with Crippen LogP contribution in [0.4, 0.5) is 0 Å². The van der Waals surface area contributed by atoms with E-state index in [1.807, 2.05) is 23.1 Å². The molecule has 0 fully saturated rings. The predicted molar refractivity (Wildman–Crippen MR) is 73.8 cm³/mol. The highest BCUT2D eigenvalue weighted by Gasteiger charge is 2.15. The molecule has 0 aromatic heterocycles. The molecule has 0 spiro atoms. The summed E-state index contributed by atoms with van der Waals surface area (Å²) in [5.74, 6) is 0.0764. The minimum absolute atomic E-state index is 0.120. The lowest BCUT2D eigenvalue weighted by Crippen LogP contribution is -2.35. The van der Waals surface area contributed by atoms with Gasteiger partial charge < -0.3 is 5.11 Å². The number of carbonyl (C=O) groups is 1. The maximum atomic E-state index is 10.9. The molecule has 0 aliphatic carbocycles. The van der Waals surface area contributed by atoms with Crippen molar-refractivity contribution in [2.24, 2.45) is 5.92 Å². The molecule has 1 unspecified atom stereocenters. The Kier molecular flexibility index (Phi) is 5.86. The normalized spacial score (nSPS) is 12.9. The summed E-state index contributed by atoms with van der Waals surface area (Å²) in [6, 6.07) is 10.2. The van der Waals surface area contributed by atoms with Gasteiger partial charge in [0.1, 0.15) is 0 Å². The molecule has 1 rings (SSSR count). The van der Waals surface area contributed by atoms with Gasteiger partial charge in [-0.3, -0.25) is 9.69 Å². The second-order valence-electron chi connectivity index (χ2n) is 5.29. The molecule has 1 atom stereocenters. The van der Waals surface area contributed by atoms with Gasteiger partial charge in [-0.15, -0.1) is 0 Å². The van der Waals surface area contributed by atoms with Crippen LogP contribution in [-0.4, -0.2) is 35.6 Å². The maximum absolute atomic E-state index is 10.9. The predicted octanol–water partition coefficient (Wildman–Crippen LogP) is 2.83. The fourth-order valence-corrected chi connectivity index (χ4v) is 2.19. The van der Waals surface area contributed by atoms with E-state index in [-0.39, 0.29) is 6.54 Å². The van der Waals surface area contributed by atoms with E-state index < -0.39 is 5.97 Å². The molecular formula is C15H23NO2. The number of nitrogens with zero attached hydrogens (tertiary/aromatic N) is 1. The van der Waals surface area contributed by atoms with Gasteiger partial charge in [0, 0.05) is 13.1 Å². The molecule has 1 N–H and O–H groups in total. The third kappa shape index (κ3) is 5.32. The van der Waals surface area contributed by atoms with E-state index in [1.54, 1.807) is 0 Å². The van der Waals surface area contributed by atoms with E-state index in [1.165, 1.54) is 5.56 Å². The van der Waals surface area contributed by atoms with Crippen molar-refractivity contribution in [2.45, 2.75) is 26.7 Å². The van der Waals surface area contributed by atoms with Crippen molar-refractivity contribution in [3.05, 3.63) is 35.9 Å². The molecule has 3 nitrogen and oxygen atoms in total. The van der Waals surface area contributed by atoms with Crippen LogP contribution in [0.3, 0.4) is 0 Å². The van der Waals surface area contributed by atoms with Crippen LogP contribution in [0, 0.1) is 5.92 Å². The number of benzene rings is 1. The van der Waals surface area contributed by atoms with Gasteiger partial charge in [-0.2, -0.15) is 0 Å². The Labute approximate surface area is 109 Å². The van der Waals surface area contributed by atoms with Crippen LogP contribution in [0.15, 0.2) is 30.3 Å². The van der Waals surface area contributed by atoms with Crippen LogP contribution in [0.2, 0.25) is 0 Å². The Hall–Kier alpha value is -1.35. The van der Waals surface area contributed by atoms with Crippen molar-refractivity contribution in [1.82, 2.24) is 4.90 Å². The fraction of sp³-hybridized carbons (Fsp3) is 0.533. The largest absolute Gasteiger partial charge is 0.480 e. The van der Waals surface area contributed by atoms with Crippen molar-refractivity contribution < 1.29 is 9.90 Å². The number of carboxylic acid groups (broad SMARTS) is 1. The third-order valence-electron chi connectivity index (χ3n) is 2.88. The first-order valence-electron chi connectivity index (χ1n) is 6.48. The maximum Gasteiger partial charge on any atom is 0.317 e. The van der Waals surface area contributed by atoms with E-state index in [9.17, 15) is 4.79 Å². The lowest BCUT2D eigenvalue weighted by molar-refractivity contribution is -0.138. The van der Waals surface area contributed by atoms with E-state index in [0.717, 1.165) is 13.1 Å². The highest BCUT2D eigenvalue weighted by molar-refractivity contribution is 5.69. The lowest BCUT2D eigenvalue weighted by atomic mass is 10.0. The highest BCUT2D eigenvalue weighted by atomic mass is 16.4. The summed E-state index contributed by atoms with van der Waals surface area (Å²) in [7, 11) is 0. The van der Waals surface area contributed by atoms with E-state index in [2.05, 4.69) is 32.9 Å². The van der Waals surface area contributed by atoms with Gasteiger partial charge in [0.2, 0.25) is 0 Å². The molecule has 18 heavy (non-hydrogen) atoms. The summed E-state index contributed by atoms with van der Waals surface area (Å²) in [6.07, 6.45) is 0. The summed E-state index contributed by atoms with van der Waals surface area (Å²) >= 11 is 0. The zero-order valence-corrected chi connectivity index (χ0v) is 11.5. The molecule has 0 saturated carbocycles. The van der Waals surface area contributed by atoms with Crippen LogP contribution in [0.25, 0.3) is 0 Å². The summed E-state index contributed by atoms with van der Waals surface area (Å²) in [6.45, 7) is 8.10. The van der Waals surface area contributed by atoms with Gasteiger partial charge in [-0.05, 0) is 17.4 Å². The summed E-state index contributed by atoms with van der Waals surface area (Å²) in [4.78, 5) is 12.9. The molecule has 0 bridgehead atoms. The van der Waals surface area contributed by atoms with Crippen LogP contribution < -0.4 is 0 Å². The Morgan fingerprint density at radius 1 is 1.17 bits per heavy atom. The van der Waals surface area contributed by atoms with Gasteiger partial charge in [0.15, 0.2) is 0 Å². The first-order valence-corrected chi connectivity index (χ1v) is 6.48. The first kappa shape index (κ1) is 14.7. The average molecular weight is 249 g/mol. The second-order valence-corrected chi connectivity index (χ2v) is 5.29. The molecular weight excluding hydrogens is 226 g/mol. The first-order chi connectivity index (χ1) is 8.49. The minimum atomic E-state index is -0.754. The zero-order chi connectivity index (χ0) is 13.5. The molecule has 0 heterocycles. The van der Waals surface area contributed by atoms with Gasteiger partial charge in [0.25, 0.3) is 0 Å². The van der Waals surface area contributed by atoms with Crippen molar-refractivity contribution in [2.75, 3.05) is 19.6 Å². The summed E-state index contributed by atoms with van der Waals surface area (Å²) < 4.78 is 0. The number of aliphatic carboxylic acids is 1. The molecule has 0 aliphatic heterocycles. The molecule has 1 aromatic carbocycles. The molecule has 100 valence electrons. The van der Waals surface area contributed by atoms with Crippen molar-refractivity contribution in [3.63, 3.8) is 0 Å². The van der Waals surface area contributed by atoms with Crippen LogP contribution in [0.1, 0.15) is 32.3 Å². The number of hydrogen-bond donors (Lipinski definition) is 1. The van der Waals surface area contributed by atoms with Gasteiger partial charge in [-0.25, -0.2) is 0 Å². The molecule has 0 radical (unpaired) electrons. The van der Waals surface area contributed by atoms with Gasteiger partial charge in [-0.1, -0.05) is 51.1 Å². The Balaban J connectivity index is 2.62. The van der Waals surface area contributed by atoms with E-state index in [0.29, 0.717) is 11.8 Å². The SMILES string of the molecule is CC(C)CN(CC(=O)O)CC(C)c1ccccc1. The van der Waals surface area contributed by atoms with Crippen LogP contribution in [-0.2, 0) is 4.79 Å². The summed E-state index contributed by atoms with van der Waals surface area (Å²) in [5, 5.41) is 8.94. The monoisotopic (exact) mass is 249 g/mol. The molecule has 0 saturated heterocycles. The number of carboxylic acids is 1. The Bertz CT molecular complexity index is 362. The third-order valence-corrected chi connectivity index (χ3v) is 2.88. The second kappa shape index (κ2) is 7.17. The quantitative estimate of drug-likeness (QED) is 0.807. The van der Waals surface area contributed by atoms with Gasteiger partial charge >= 0.3 is 5.97 Å². The lowest BCUT2D eigenvalue weighted by Gasteiger charge is -2.25. The van der Waals surface area contributed by atoms with E-state index in [4.69, 9.17) is 5.11 Å². The molecule has 3 heteroatoms. The van der Waals surface area contributed by atoms with Crippen LogP contribution in [0.5, 0.6) is 0 Å². The molecule has 0 aliphatic rings. The van der Waals surface area contributed by atoms with E-state index >= 15 is 0 Å². The minimum Gasteiger partial charge on any atom is -0.480 e. The number of hydrogen-bond acceptors (Lipinski definition) is 2. The summed E-state index contributed by atoms with van der Waals surface area (Å²) in [5.41, 5.74) is 1.26. The van der Waals surface area contributed by atoms with Crippen molar-refractivity contribution in [3.8, 4) is 0 Å². The zero-order valence-electron chi connectivity index (χ0n) is 11.5.